The molecule has 0 aromatic heterocycles. The smallest absolute Gasteiger partial charge is 0.259 e. The van der Waals surface area contributed by atoms with Crippen LogP contribution in [0.1, 0.15) is 65.0 Å². The minimum Gasteiger partial charge on any atom is -0.352 e. The van der Waals surface area contributed by atoms with E-state index >= 15 is 0 Å². The van der Waals surface area contributed by atoms with Crippen molar-refractivity contribution < 1.29 is 14.5 Å². The predicted octanol–water partition coefficient (Wildman–Crippen LogP) is 5.13. The van der Waals surface area contributed by atoms with Crippen molar-refractivity contribution in [1.29, 1.82) is 0 Å². The van der Waals surface area contributed by atoms with Gasteiger partial charge < -0.3 is 15.1 Å². The molecule has 0 radical (unpaired) electrons. The third-order valence-electron chi connectivity index (χ3n) is 6.93. The molecular weight excluding hydrogens is 478 g/mol. The Morgan fingerprint density at radius 1 is 0.946 bits per heavy atom. The molecule has 4 rings (SSSR count). The Bertz CT molecular complexity index is 1230. The fraction of sp³-hybridized carbons (Fsp3) is 0.355. The second kappa shape index (κ2) is 12.9. The van der Waals surface area contributed by atoms with Crippen LogP contribution in [0.3, 0.4) is 0 Å². The maximum Gasteiger partial charge on any atom is 0.259 e. The van der Waals surface area contributed by atoms with Crippen LogP contribution in [0.4, 0.5) is 5.69 Å². The predicted molar refractivity (Wildman–Crippen MR) is 152 cm³/mol. The van der Waals surface area contributed by atoms with Crippen molar-refractivity contribution in [2.24, 2.45) is 0 Å². The summed E-state index contributed by atoms with van der Waals surface area (Å²) in [5.74, 6) is -0.140. The van der Waals surface area contributed by atoms with Gasteiger partial charge in [0, 0.05) is 28.3 Å². The average Bonchev–Trinajstić information content (AvgIpc) is 3.03. The lowest BCUT2D eigenvalue weighted by Gasteiger charge is -2.24. The highest BCUT2D eigenvalue weighted by atomic mass is 32.2. The number of carbonyl (C=O) groups is 2. The number of carbonyl (C=O) groups excluding carboxylic acids is 2. The molecular formula is C31H38N3O2S+. The van der Waals surface area contributed by atoms with E-state index in [1.807, 2.05) is 47.4 Å². The van der Waals surface area contributed by atoms with Crippen molar-refractivity contribution in [3.8, 4) is 0 Å². The molecule has 1 aliphatic heterocycles. The second-order valence-corrected chi connectivity index (χ2v) is 10.8. The quantitative estimate of drug-likeness (QED) is 0.348. The zero-order valence-electron chi connectivity index (χ0n) is 22.2. The number of aryl methyl sites for hydroxylation is 1. The van der Waals surface area contributed by atoms with Crippen molar-refractivity contribution >= 4 is 29.3 Å². The number of unbranched alkanes of at least 4 members (excludes halogenated alkanes) is 1. The van der Waals surface area contributed by atoms with Gasteiger partial charge in [-0.2, -0.15) is 0 Å². The van der Waals surface area contributed by atoms with E-state index in [-0.39, 0.29) is 11.8 Å². The fourth-order valence-corrected chi connectivity index (χ4v) is 5.70. The monoisotopic (exact) mass is 516 g/mol. The number of quaternary nitrogens is 1. The largest absolute Gasteiger partial charge is 0.352 e. The summed E-state index contributed by atoms with van der Waals surface area (Å²) in [4.78, 5) is 32.1. The van der Waals surface area contributed by atoms with Gasteiger partial charge in [-0.05, 0) is 56.2 Å². The van der Waals surface area contributed by atoms with Gasteiger partial charge in [-0.1, -0.05) is 67.1 Å². The van der Waals surface area contributed by atoms with Crippen LogP contribution in [0.15, 0.2) is 76.5 Å². The van der Waals surface area contributed by atoms with Crippen LogP contribution in [-0.2, 0) is 6.54 Å². The molecule has 2 N–H and O–H groups in total. The zero-order chi connectivity index (χ0) is 26.2. The fourth-order valence-electron chi connectivity index (χ4n) is 4.64. The highest BCUT2D eigenvalue weighted by Crippen LogP contribution is 2.42. The lowest BCUT2D eigenvalue weighted by Crippen LogP contribution is -3.11. The zero-order valence-corrected chi connectivity index (χ0v) is 23.0. The highest BCUT2D eigenvalue weighted by molar-refractivity contribution is 7.99. The van der Waals surface area contributed by atoms with E-state index in [9.17, 15) is 9.59 Å². The van der Waals surface area contributed by atoms with Crippen LogP contribution in [0.25, 0.3) is 0 Å². The number of rotatable bonds is 11. The normalized spacial score (nSPS) is 13.5. The molecule has 1 atom stereocenters. The molecule has 0 fully saturated rings. The molecule has 3 aromatic rings. The molecule has 6 heteroatoms. The van der Waals surface area contributed by atoms with Gasteiger partial charge in [-0.25, -0.2) is 0 Å². The summed E-state index contributed by atoms with van der Waals surface area (Å²) in [7, 11) is 0. The van der Waals surface area contributed by atoms with Crippen LogP contribution in [0.5, 0.6) is 0 Å². The molecule has 0 aliphatic carbocycles. The molecule has 0 saturated carbocycles. The number of fused-ring (bicyclic) bond motifs is 2. The number of hydrogen-bond acceptors (Lipinski definition) is 3. The molecule has 1 heterocycles. The Morgan fingerprint density at radius 3 is 2.46 bits per heavy atom. The summed E-state index contributed by atoms with van der Waals surface area (Å²) in [5.41, 5.74) is 4.28. The summed E-state index contributed by atoms with van der Waals surface area (Å²) >= 11 is 1.58. The molecule has 0 spiro atoms. The summed E-state index contributed by atoms with van der Waals surface area (Å²) in [6.45, 7) is 11.0. The Morgan fingerprint density at radius 2 is 1.70 bits per heavy atom. The van der Waals surface area contributed by atoms with Crippen LogP contribution in [0.2, 0.25) is 0 Å². The lowest BCUT2D eigenvalue weighted by molar-refractivity contribution is -0.898. The first kappa shape index (κ1) is 27.0. The number of nitrogens with one attached hydrogen (secondary N) is 2. The molecule has 0 bridgehead atoms. The Labute approximate surface area is 225 Å². The van der Waals surface area contributed by atoms with E-state index in [2.05, 4.69) is 50.4 Å². The summed E-state index contributed by atoms with van der Waals surface area (Å²) < 4.78 is 0. The van der Waals surface area contributed by atoms with Gasteiger partial charge in [-0.15, -0.1) is 0 Å². The Balaban J connectivity index is 1.53. The molecule has 1 unspecified atom stereocenters. The SMILES string of the molecule is CCCC[NH+](CC)CCCNC(=O)c1ccc2c(c1)N(Cc1ccc(C)cc1)C(=O)c1ccccc1S2. The molecule has 3 aromatic carbocycles. The van der Waals surface area contributed by atoms with Crippen LogP contribution < -0.4 is 15.1 Å². The highest BCUT2D eigenvalue weighted by Gasteiger charge is 2.28. The summed E-state index contributed by atoms with van der Waals surface area (Å²) in [6, 6.07) is 21.7. The van der Waals surface area contributed by atoms with E-state index in [0.29, 0.717) is 24.2 Å². The first-order chi connectivity index (χ1) is 18.0. The van der Waals surface area contributed by atoms with Gasteiger partial charge in [0.25, 0.3) is 11.8 Å². The topological polar surface area (TPSA) is 53.9 Å². The van der Waals surface area contributed by atoms with Crippen molar-refractivity contribution in [2.45, 2.75) is 56.4 Å². The van der Waals surface area contributed by atoms with Gasteiger partial charge in [0.15, 0.2) is 0 Å². The first-order valence-electron chi connectivity index (χ1n) is 13.4. The molecule has 0 saturated heterocycles. The minimum absolute atomic E-state index is 0.0466. The summed E-state index contributed by atoms with van der Waals surface area (Å²) in [5, 5.41) is 3.09. The van der Waals surface area contributed by atoms with Crippen LogP contribution in [0, 0.1) is 6.92 Å². The van der Waals surface area contributed by atoms with Gasteiger partial charge >= 0.3 is 0 Å². The van der Waals surface area contributed by atoms with Crippen LogP contribution in [-0.4, -0.2) is 38.0 Å². The third-order valence-corrected chi connectivity index (χ3v) is 8.07. The maximum atomic E-state index is 13.7. The first-order valence-corrected chi connectivity index (χ1v) is 14.2. The Kier molecular flexibility index (Phi) is 9.42. The van der Waals surface area contributed by atoms with E-state index in [1.165, 1.54) is 24.9 Å². The molecule has 2 amide bonds. The Hall–Kier alpha value is -3.09. The number of benzene rings is 3. The number of nitrogens with zero attached hydrogens (tertiary/aromatic N) is 1. The van der Waals surface area contributed by atoms with Gasteiger partial charge in [0.1, 0.15) is 0 Å². The van der Waals surface area contributed by atoms with Crippen molar-refractivity contribution in [1.82, 2.24) is 5.32 Å². The van der Waals surface area contributed by atoms with Gasteiger partial charge in [0.2, 0.25) is 0 Å². The van der Waals surface area contributed by atoms with Gasteiger partial charge in [-0.3, -0.25) is 9.59 Å². The molecule has 5 nitrogen and oxygen atoms in total. The van der Waals surface area contributed by atoms with Crippen molar-refractivity contribution in [2.75, 3.05) is 31.1 Å². The van der Waals surface area contributed by atoms with E-state index in [0.717, 1.165) is 40.6 Å². The molecule has 37 heavy (non-hydrogen) atoms. The van der Waals surface area contributed by atoms with Crippen molar-refractivity contribution in [3.05, 3.63) is 89.0 Å². The molecule has 194 valence electrons. The minimum atomic E-state index is -0.0936. The molecule has 1 aliphatic rings. The average molecular weight is 517 g/mol. The third kappa shape index (κ3) is 6.82. The van der Waals surface area contributed by atoms with Crippen molar-refractivity contribution in [3.63, 3.8) is 0 Å². The van der Waals surface area contributed by atoms with Gasteiger partial charge in [0.05, 0.1) is 37.4 Å². The number of hydrogen-bond donors (Lipinski definition) is 2. The summed E-state index contributed by atoms with van der Waals surface area (Å²) in [6.07, 6.45) is 3.41. The second-order valence-electron chi connectivity index (χ2n) is 9.72. The van der Waals surface area contributed by atoms with E-state index < -0.39 is 0 Å². The number of amides is 2. The standard InChI is InChI=1S/C31H37N3O2S/c1-4-6-19-33(5-2)20-9-18-32-30(35)25-16-17-29-27(21-25)34(22-24-14-12-23(3)13-15-24)31(36)26-10-7-8-11-28(26)37-29/h7-8,10-17,21H,4-6,9,18-20,22H2,1-3H3,(H,32,35)/p+1. The van der Waals surface area contributed by atoms with E-state index in [4.69, 9.17) is 0 Å². The number of anilines is 1. The maximum absolute atomic E-state index is 13.7. The van der Waals surface area contributed by atoms with Crippen LogP contribution >= 0.6 is 11.8 Å². The lowest BCUT2D eigenvalue weighted by atomic mass is 10.1. The van der Waals surface area contributed by atoms with E-state index in [1.54, 1.807) is 16.7 Å².